The van der Waals surface area contributed by atoms with Gasteiger partial charge in [0.05, 0.1) is 23.5 Å². The zero-order valence-corrected chi connectivity index (χ0v) is 15.6. The minimum Gasteiger partial charge on any atom is -0.346 e. The van der Waals surface area contributed by atoms with E-state index >= 15 is 0 Å². The first-order valence-electron chi connectivity index (χ1n) is 7.01. The second kappa shape index (κ2) is 10.6. The minimum absolute atomic E-state index is 0. The third-order valence-corrected chi connectivity index (χ3v) is 4.33. The van der Waals surface area contributed by atoms with Gasteiger partial charge in [-0.1, -0.05) is 31.5 Å². The van der Waals surface area contributed by atoms with Gasteiger partial charge in [0.15, 0.2) is 0 Å². The Kier molecular flexibility index (Phi) is 10.1. The molecule has 1 heterocycles. The van der Waals surface area contributed by atoms with E-state index in [1.807, 2.05) is 19.9 Å². The fourth-order valence-electron chi connectivity index (χ4n) is 1.73. The lowest BCUT2D eigenvalue weighted by atomic mass is 10.1. The monoisotopic (exact) mass is 379 g/mol. The fourth-order valence-corrected chi connectivity index (χ4v) is 2.83. The quantitative estimate of drug-likeness (QED) is 0.681. The molecule has 0 saturated heterocycles. The number of hydrogen-bond acceptors (Lipinski definition) is 4. The molecule has 1 aromatic heterocycles. The fraction of sp³-hybridized carbons (Fsp3) is 0.467. The summed E-state index contributed by atoms with van der Waals surface area (Å²) < 4.78 is 0.678. The van der Waals surface area contributed by atoms with Crippen molar-refractivity contribution in [2.75, 3.05) is 13.1 Å². The molecule has 1 rings (SSSR count). The zero-order valence-electron chi connectivity index (χ0n) is 13.3. The van der Waals surface area contributed by atoms with Crippen LogP contribution in [0.1, 0.15) is 18.7 Å². The van der Waals surface area contributed by atoms with Crippen molar-refractivity contribution in [3.63, 3.8) is 0 Å². The standard InChI is InChI=1S/C15H22ClN3O2S.ClH/c1-4-7-19(9-11-5-6-12(16)22-11)13(20)8-18-15(21)14(17)10(2)3;/h4-6,10,14H,1,7-9,17H2,2-3H3,(H,18,21);1H/t14-;/m0./s1. The maximum atomic E-state index is 12.2. The van der Waals surface area contributed by atoms with Gasteiger partial charge in [-0.25, -0.2) is 0 Å². The number of nitrogens with one attached hydrogen (secondary N) is 1. The van der Waals surface area contributed by atoms with E-state index in [1.54, 1.807) is 17.0 Å². The van der Waals surface area contributed by atoms with Gasteiger partial charge in [0.1, 0.15) is 0 Å². The van der Waals surface area contributed by atoms with Crippen molar-refractivity contribution in [1.29, 1.82) is 0 Å². The summed E-state index contributed by atoms with van der Waals surface area (Å²) in [6.45, 7) is 8.13. The zero-order chi connectivity index (χ0) is 16.7. The van der Waals surface area contributed by atoms with E-state index in [2.05, 4.69) is 11.9 Å². The summed E-state index contributed by atoms with van der Waals surface area (Å²) in [6.07, 6.45) is 1.65. The topological polar surface area (TPSA) is 75.4 Å². The highest BCUT2D eigenvalue weighted by molar-refractivity contribution is 7.16. The lowest BCUT2D eigenvalue weighted by molar-refractivity contribution is -0.133. The van der Waals surface area contributed by atoms with E-state index < -0.39 is 6.04 Å². The number of halogens is 2. The van der Waals surface area contributed by atoms with Crippen molar-refractivity contribution >= 4 is 47.2 Å². The van der Waals surface area contributed by atoms with E-state index in [-0.39, 0.29) is 36.7 Å². The second-order valence-corrected chi connectivity index (χ2v) is 7.06. The Morgan fingerprint density at radius 2 is 2.13 bits per heavy atom. The number of hydrogen-bond donors (Lipinski definition) is 2. The highest BCUT2D eigenvalue weighted by Gasteiger charge is 2.19. The van der Waals surface area contributed by atoms with Crippen LogP contribution < -0.4 is 11.1 Å². The Morgan fingerprint density at radius 1 is 1.48 bits per heavy atom. The number of amides is 2. The number of nitrogens with zero attached hydrogens (tertiary/aromatic N) is 1. The van der Waals surface area contributed by atoms with Crippen LogP contribution in [0.3, 0.4) is 0 Å². The molecule has 0 saturated carbocycles. The molecule has 0 aliphatic rings. The average molecular weight is 380 g/mol. The molecule has 5 nitrogen and oxygen atoms in total. The van der Waals surface area contributed by atoms with E-state index in [1.165, 1.54) is 11.3 Å². The minimum atomic E-state index is -0.614. The molecule has 3 N–H and O–H groups in total. The summed E-state index contributed by atoms with van der Waals surface area (Å²) in [5.41, 5.74) is 5.74. The Balaban J connectivity index is 0.00000484. The first-order chi connectivity index (χ1) is 10.3. The van der Waals surface area contributed by atoms with Crippen molar-refractivity contribution in [3.8, 4) is 0 Å². The van der Waals surface area contributed by atoms with Crippen LogP contribution in [0.25, 0.3) is 0 Å². The summed E-state index contributed by atoms with van der Waals surface area (Å²) in [5, 5.41) is 2.58. The smallest absolute Gasteiger partial charge is 0.242 e. The van der Waals surface area contributed by atoms with Crippen molar-refractivity contribution in [2.24, 2.45) is 11.7 Å². The number of carbonyl (C=O) groups is 2. The molecule has 1 aromatic rings. The molecular weight excluding hydrogens is 357 g/mol. The highest BCUT2D eigenvalue weighted by atomic mass is 35.5. The molecule has 0 unspecified atom stereocenters. The largest absolute Gasteiger partial charge is 0.346 e. The van der Waals surface area contributed by atoms with E-state index in [0.29, 0.717) is 17.4 Å². The molecule has 8 heteroatoms. The molecule has 0 aliphatic carbocycles. The molecule has 0 bridgehead atoms. The summed E-state index contributed by atoms with van der Waals surface area (Å²) in [6, 6.07) is 3.06. The molecule has 0 fully saturated rings. The average Bonchev–Trinajstić information content (AvgIpc) is 2.88. The Labute approximate surface area is 152 Å². The van der Waals surface area contributed by atoms with Gasteiger partial charge in [-0.15, -0.1) is 30.3 Å². The molecule has 0 spiro atoms. The van der Waals surface area contributed by atoms with Crippen LogP contribution in [-0.4, -0.2) is 35.8 Å². The number of thiophene rings is 1. The summed E-state index contributed by atoms with van der Waals surface area (Å²) in [7, 11) is 0. The number of nitrogens with two attached hydrogens (primary N) is 1. The third-order valence-electron chi connectivity index (χ3n) is 3.11. The van der Waals surface area contributed by atoms with Crippen molar-refractivity contribution < 1.29 is 9.59 Å². The van der Waals surface area contributed by atoms with Crippen LogP contribution in [0.15, 0.2) is 24.8 Å². The van der Waals surface area contributed by atoms with Crippen LogP contribution >= 0.6 is 35.3 Å². The van der Waals surface area contributed by atoms with Crippen LogP contribution in [0, 0.1) is 5.92 Å². The second-order valence-electron chi connectivity index (χ2n) is 5.26. The van der Waals surface area contributed by atoms with Crippen LogP contribution in [0.5, 0.6) is 0 Å². The molecular formula is C15H23Cl2N3O2S. The lowest BCUT2D eigenvalue weighted by Crippen LogP contribution is -2.47. The summed E-state index contributed by atoms with van der Waals surface area (Å²) in [4.78, 5) is 26.6. The Hall–Kier alpha value is -1.08. The van der Waals surface area contributed by atoms with Crippen LogP contribution in [0.4, 0.5) is 0 Å². The predicted molar refractivity (Wildman–Crippen MR) is 98.0 cm³/mol. The van der Waals surface area contributed by atoms with Gasteiger partial charge < -0.3 is 16.0 Å². The molecule has 1 atom stereocenters. The molecule has 23 heavy (non-hydrogen) atoms. The highest BCUT2D eigenvalue weighted by Crippen LogP contribution is 2.22. The number of rotatable bonds is 8. The molecule has 0 radical (unpaired) electrons. The van der Waals surface area contributed by atoms with Crippen LogP contribution in [0.2, 0.25) is 4.34 Å². The maximum absolute atomic E-state index is 12.2. The van der Waals surface area contributed by atoms with Crippen molar-refractivity contribution in [3.05, 3.63) is 34.0 Å². The van der Waals surface area contributed by atoms with Gasteiger partial charge in [0.2, 0.25) is 11.8 Å². The van der Waals surface area contributed by atoms with E-state index in [0.717, 1.165) is 4.88 Å². The van der Waals surface area contributed by atoms with E-state index in [9.17, 15) is 9.59 Å². The van der Waals surface area contributed by atoms with Crippen molar-refractivity contribution in [2.45, 2.75) is 26.4 Å². The van der Waals surface area contributed by atoms with Gasteiger partial charge in [0, 0.05) is 11.4 Å². The molecule has 2 amide bonds. The number of carbonyl (C=O) groups excluding carboxylic acids is 2. The molecule has 0 aromatic carbocycles. The van der Waals surface area contributed by atoms with Crippen LogP contribution in [-0.2, 0) is 16.1 Å². The first-order valence-corrected chi connectivity index (χ1v) is 8.20. The van der Waals surface area contributed by atoms with Gasteiger partial charge in [-0.3, -0.25) is 9.59 Å². The van der Waals surface area contributed by atoms with Gasteiger partial charge in [0.25, 0.3) is 0 Å². The Morgan fingerprint density at radius 3 is 2.61 bits per heavy atom. The SMILES string of the molecule is C=CCN(Cc1ccc(Cl)s1)C(=O)CNC(=O)[C@@H](N)C(C)C.Cl. The Bertz CT molecular complexity index is 535. The maximum Gasteiger partial charge on any atom is 0.242 e. The van der Waals surface area contributed by atoms with Crippen molar-refractivity contribution in [1.82, 2.24) is 10.2 Å². The van der Waals surface area contributed by atoms with Gasteiger partial charge in [-0.05, 0) is 18.1 Å². The normalized spacial score (nSPS) is 11.5. The third kappa shape index (κ3) is 7.35. The lowest BCUT2D eigenvalue weighted by Gasteiger charge is -2.21. The molecule has 0 aliphatic heterocycles. The first kappa shape index (κ1) is 21.9. The molecule has 130 valence electrons. The summed E-state index contributed by atoms with van der Waals surface area (Å²) >= 11 is 7.31. The predicted octanol–water partition coefficient (Wildman–Crippen LogP) is 2.44. The van der Waals surface area contributed by atoms with E-state index in [4.69, 9.17) is 17.3 Å². The van der Waals surface area contributed by atoms with Gasteiger partial charge >= 0.3 is 0 Å². The van der Waals surface area contributed by atoms with Gasteiger partial charge in [-0.2, -0.15) is 0 Å². The summed E-state index contributed by atoms with van der Waals surface area (Å²) in [5.74, 6) is -0.484.